The van der Waals surface area contributed by atoms with Crippen LogP contribution < -0.4 is 22.3 Å². The van der Waals surface area contributed by atoms with E-state index < -0.39 is 11.2 Å². The van der Waals surface area contributed by atoms with E-state index in [0.717, 1.165) is 12.8 Å². The molecule has 0 aliphatic heterocycles. The lowest BCUT2D eigenvalue weighted by Crippen LogP contribution is -2.33. The van der Waals surface area contributed by atoms with Gasteiger partial charge in [-0.1, -0.05) is 0 Å². The molecule has 1 aliphatic carbocycles. The molecule has 17 heavy (non-hydrogen) atoms. The summed E-state index contributed by atoms with van der Waals surface area (Å²) in [5, 5.41) is 12.1. The van der Waals surface area contributed by atoms with E-state index in [2.05, 4.69) is 10.3 Å². The molecule has 0 unspecified atom stereocenters. The first-order valence-corrected chi connectivity index (χ1v) is 5.43. The predicted octanol–water partition coefficient (Wildman–Crippen LogP) is -1.16. The van der Waals surface area contributed by atoms with Gasteiger partial charge in [-0.25, -0.2) is 4.79 Å². The highest BCUT2D eigenvalue weighted by Gasteiger charge is 2.41. The lowest BCUT2D eigenvalue weighted by molar-refractivity contribution is 0.220. The van der Waals surface area contributed by atoms with Gasteiger partial charge in [0, 0.05) is 19.0 Å². The van der Waals surface area contributed by atoms with E-state index in [1.807, 2.05) is 0 Å². The molecule has 1 aromatic rings. The number of hydrogen-bond donors (Lipinski definition) is 4. The zero-order valence-corrected chi connectivity index (χ0v) is 9.62. The van der Waals surface area contributed by atoms with Gasteiger partial charge in [0.05, 0.1) is 6.61 Å². The summed E-state index contributed by atoms with van der Waals surface area (Å²) in [5.41, 5.74) is 4.68. The summed E-state index contributed by atoms with van der Waals surface area (Å²) in [6.45, 7) is 0.568. The van der Waals surface area contributed by atoms with Gasteiger partial charge in [-0.2, -0.15) is 0 Å². The van der Waals surface area contributed by atoms with Crippen molar-refractivity contribution < 1.29 is 5.11 Å². The lowest BCUT2D eigenvalue weighted by atomic mass is 10.1. The van der Waals surface area contributed by atoms with Gasteiger partial charge in [0.25, 0.3) is 5.56 Å². The van der Waals surface area contributed by atoms with Crippen molar-refractivity contribution in [3.05, 3.63) is 20.8 Å². The van der Waals surface area contributed by atoms with Crippen LogP contribution in [0.3, 0.4) is 0 Å². The Morgan fingerprint density at radius 2 is 2.18 bits per heavy atom. The minimum atomic E-state index is -0.540. The number of aromatic amines is 1. The van der Waals surface area contributed by atoms with Crippen molar-refractivity contribution in [2.24, 2.45) is 12.5 Å². The molecule has 0 bridgehead atoms. The van der Waals surface area contributed by atoms with Gasteiger partial charge in [-0.15, -0.1) is 0 Å². The second kappa shape index (κ2) is 3.92. The highest BCUT2D eigenvalue weighted by atomic mass is 16.3. The summed E-state index contributed by atoms with van der Waals surface area (Å²) in [7, 11) is 1.48. The van der Waals surface area contributed by atoms with Crippen LogP contribution in [-0.2, 0) is 7.05 Å². The largest absolute Gasteiger partial charge is 0.396 e. The van der Waals surface area contributed by atoms with Crippen molar-refractivity contribution in [3.63, 3.8) is 0 Å². The predicted molar refractivity (Wildman–Crippen MR) is 64.0 cm³/mol. The van der Waals surface area contributed by atoms with Crippen LogP contribution in [0, 0.1) is 5.41 Å². The first-order chi connectivity index (χ1) is 7.99. The Morgan fingerprint density at radius 1 is 1.53 bits per heavy atom. The van der Waals surface area contributed by atoms with Crippen LogP contribution in [-0.4, -0.2) is 27.8 Å². The number of rotatable bonds is 4. The SMILES string of the molecule is Cn1c(N)c(NCC2(CO)CC2)c(=O)[nH]c1=O. The molecule has 5 N–H and O–H groups in total. The molecule has 1 aliphatic rings. The van der Waals surface area contributed by atoms with Crippen LogP contribution in [0.5, 0.6) is 0 Å². The fourth-order valence-corrected chi connectivity index (χ4v) is 1.65. The maximum absolute atomic E-state index is 11.6. The molecule has 0 amide bonds. The average Bonchev–Trinajstić information content (AvgIpc) is 3.07. The summed E-state index contributed by atoms with van der Waals surface area (Å²) in [5.74, 6) is 0.104. The van der Waals surface area contributed by atoms with Crippen molar-refractivity contribution in [2.45, 2.75) is 12.8 Å². The number of aliphatic hydroxyl groups is 1. The number of nitrogen functional groups attached to an aromatic ring is 1. The molecule has 7 heteroatoms. The first kappa shape index (κ1) is 11.7. The second-order valence-corrected chi connectivity index (χ2v) is 4.59. The quantitative estimate of drug-likeness (QED) is 0.530. The standard InChI is InChI=1S/C10H16N4O3/c1-14-7(11)6(8(16)13-9(14)17)12-4-10(5-15)2-3-10/h12,15H,2-5,11H2,1H3,(H,13,16,17). The lowest BCUT2D eigenvalue weighted by Gasteiger charge is -2.15. The van der Waals surface area contributed by atoms with Crippen LogP contribution in [0.4, 0.5) is 11.5 Å². The summed E-state index contributed by atoms with van der Waals surface area (Å²) < 4.78 is 1.17. The molecular formula is C10H16N4O3. The Bertz CT molecular complexity index is 541. The summed E-state index contributed by atoms with van der Waals surface area (Å²) in [4.78, 5) is 25.0. The maximum atomic E-state index is 11.6. The Labute approximate surface area is 97.3 Å². The van der Waals surface area contributed by atoms with Gasteiger partial charge in [-0.3, -0.25) is 14.3 Å². The Balaban J connectivity index is 2.24. The third kappa shape index (κ3) is 2.05. The van der Waals surface area contributed by atoms with Crippen LogP contribution in [0.25, 0.3) is 0 Å². The number of anilines is 2. The number of nitrogens with one attached hydrogen (secondary N) is 2. The molecule has 2 rings (SSSR count). The highest BCUT2D eigenvalue weighted by Crippen LogP contribution is 2.44. The number of aliphatic hydroxyl groups excluding tert-OH is 1. The van der Waals surface area contributed by atoms with E-state index in [1.165, 1.54) is 11.6 Å². The van der Waals surface area contributed by atoms with Crippen molar-refractivity contribution in [2.75, 3.05) is 24.2 Å². The average molecular weight is 240 g/mol. The number of hydrogen-bond acceptors (Lipinski definition) is 5. The maximum Gasteiger partial charge on any atom is 0.329 e. The van der Waals surface area contributed by atoms with Crippen LogP contribution >= 0.6 is 0 Å². The monoisotopic (exact) mass is 240 g/mol. The van der Waals surface area contributed by atoms with Gasteiger partial charge in [0.2, 0.25) is 0 Å². The van der Waals surface area contributed by atoms with Gasteiger partial charge in [0.15, 0.2) is 0 Å². The van der Waals surface area contributed by atoms with E-state index in [0.29, 0.717) is 6.54 Å². The molecule has 1 aromatic heterocycles. The zero-order chi connectivity index (χ0) is 12.6. The van der Waals surface area contributed by atoms with E-state index in [-0.39, 0.29) is 23.5 Å². The number of nitrogens with two attached hydrogens (primary N) is 1. The smallest absolute Gasteiger partial charge is 0.329 e. The van der Waals surface area contributed by atoms with Gasteiger partial charge < -0.3 is 16.2 Å². The van der Waals surface area contributed by atoms with Crippen molar-refractivity contribution in [1.29, 1.82) is 0 Å². The molecule has 7 nitrogen and oxygen atoms in total. The fourth-order valence-electron chi connectivity index (χ4n) is 1.65. The minimum Gasteiger partial charge on any atom is -0.396 e. The van der Waals surface area contributed by atoms with Crippen molar-refractivity contribution in [1.82, 2.24) is 9.55 Å². The molecule has 0 radical (unpaired) electrons. The molecule has 1 heterocycles. The molecule has 0 aromatic carbocycles. The Hall–Kier alpha value is -1.76. The Kier molecular flexibility index (Phi) is 2.70. The fraction of sp³-hybridized carbons (Fsp3) is 0.600. The normalized spacial score (nSPS) is 16.8. The highest BCUT2D eigenvalue weighted by molar-refractivity contribution is 5.60. The number of nitrogens with zero attached hydrogens (tertiary/aromatic N) is 1. The summed E-state index contributed by atoms with van der Waals surface area (Å²) in [6.07, 6.45) is 1.86. The van der Waals surface area contributed by atoms with Crippen molar-refractivity contribution >= 4 is 11.5 Å². The third-order valence-corrected chi connectivity index (χ3v) is 3.30. The molecule has 0 saturated heterocycles. The van der Waals surface area contributed by atoms with Gasteiger partial charge in [-0.05, 0) is 12.8 Å². The molecule has 1 saturated carbocycles. The second-order valence-electron chi connectivity index (χ2n) is 4.59. The molecule has 94 valence electrons. The zero-order valence-electron chi connectivity index (χ0n) is 9.62. The summed E-state index contributed by atoms with van der Waals surface area (Å²) >= 11 is 0. The van der Waals surface area contributed by atoms with Crippen molar-refractivity contribution in [3.8, 4) is 0 Å². The van der Waals surface area contributed by atoms with Crippen LogP contribution in [0.1, 0.15) is 12.8 Å². The summed E-state index contributed by atoms with van der Waals surface area (Å²) in [6, 6.07) is 0. The molecule has 1 fully saturated rings. The van der Waals surface area contributed by atoms with E-state index >= 15 is 0 Å². The molecule has 0 spiro atoms. The van der Waals surface area contributed by atoms with Gasteiger partial charge >= 0.3 is 5.69 Å². The topological polar surface area (TPSA) is 113 Å². The van der Waals surface area contributed by atoms with E-state index in [4.69, 9.17) is 10.8 Å². The minimum absolute atomic E-state index is 0.0869. The van der Waals surface area contributed by atoms with Gasteiger partial charge in [0.1, 0.15) is 11.5 Å². The third-order valence-electron chi connectivity index (χ3n) is 3.30. The van der Waals surface area contributed by atoms with Crippen LogP contribution in [0.2, 0.25) is 0 Å². The number of H-pyrrole nitrogens is 1. The van der Waals surface area contributed by atoms with E-state index in [9.17, 15) is 9.59 Å². The number of aromatic nitrogens is 2. The Morgan fingerprint density at radius 3 is 2.71 bits per heavy atom. The van der Waals surface area contributed by atoms with E-state index in [1.54, 1.807) is 0 Å². The van der Waals surface area contributed by atoms with Crippen LogP contribution in [0.15, 0.2) is 9.59 Å². The molecular weight excluding hydrogens is 224 g/mol. The first-order valence-electron chi connectivity index (χ1n) is 5.43. The molecule has 0 atom stereocenters.